The van der Waals surface area contributed by atoms with Crippen molar-refractivity contribution < 1.29 is 4.79 Å². The second kappa shape index (κ2) is 7.25. The lowest BCUT2D eigenvalue weighted by Crippen LogP contribution is -2.03. The fraction of sp³-hybridized carbons (Fsp3) is 0.353. The van der Waals surface area contributed by atoms with E-state index in [4.69, 9.17) is 0 Å². The Labute approximate surface area is 119 Å². The highest BCUT2D eigenvalue weighted by molar-refractivity contribution is 7.09. The molecule has 0 saturated carbocycles. The average molecular weight is 272 g/mol. The Balaban J connectivity index is 1.77. The van der Waals surface area contributed by atoms with Gasteiger partial charge in [-0.3, -0.25) is 4.79 Å². The Morgan fingerprint density at radius 3 is 2.74 bits per heavy atom. The average Bonchev–Trinajstić information content (AvgIpc) is 2.92. The summed E-state index contributed by atoms with van der Waals surface area (Å²) in [5.41, 5.74) is 2.46. The van der Waals surface area contributed by atoms with E-state index in [2.05, 4.69) is 42.6 Å². The third kappa shape index (κ3) is 4.64. The van der Waals surface area contributed by atoms with Crippen molar-refractivity contribution in [3.05, 3.63) is 57.8 Å². The van der Waals surface area contributed by atoms with E-state index in [-0.39, 0.29) is 0 Å². The van der Waals surface area contributed by atoms with Gasteiger partial charge in [0.2, 0.25) is 0 Å². The lowest BCUT2D eigenvalue weighted by molar-refractivity contribution is -0.118. The van der Waals surface area contributed by atoms with Crippen molar-refractivity contribution >= 4 is 17.1 Å². The van der Waals surface area contributed by atoms with Gasteiger partial charge >= 0.3 is 0 Å². The van der Waals surface area contributed by atoms with Crippen molar-refractivity contribution in [2.45, 2.75) is 39.0 Å². The lowest BCUT2D eigenvalue weighted by Gasteiger charge is -2.03. The van der Waals surface area contributed by atoms with Crippen molar-refractivity contribution in [3.63, 3.8) is 0 Å². The van der Waals surface area contributed by atoms with Gasteiger partial charge < -0.3 is 0 Å². The Bertz CT molecular complexity index is 514. The van der Waals surface area contributed by atoms with E-state index in [0.717, 1.165) is 24.8 Å². The van der Waals surface area contributed by atoms with Crippen molar-refractivity contribution in [1.29, 1.82) is 0 Å². The van der Waals surface area contributed by atoms with Crippen LogP contribution < -0.4 is 0 Å². The molecule has 1 nitrogen and oxygen atoms in total. The summed E-state index contributed by atoms with van der Waals surface area (Å²) in [6.45, 7) is 2.14. The first-order valence-corrected chi connectivity index (χ1v) is 7.78. The van der Waals surface area contributed by atoms with Crippen molar-refractivity contribution in [1.82, 2.24) is 0 Å². The molecule has 0 saturated heterocycles. The number of hydrogen-bond acceptors (Lipinski definition) is 2. The molecule has 19 heavy (non-hydrogen) atoms. The fourth-order valence-electron chi connectivity index (χ4n) is 2.19. The van der Waals surface area contributed by atoms with Crippen LogP contribution in [0.25, 0.3) is 0 Å². The van der Waals surface area contributed by atoms with E-state index in [9.17, 15) is 4.79 Å². The molecular weight excluding hydrogens is 252 g/mol. The van der Waals surface area contributed by atoms with Crippen LogP contribution in [-0.4, -0.2) is 5.78 Å². The number of ketones is 1. The predicted octanol–water partition coefficient (Wildman–Crippen LogP) is 4.45. The molecule has 100 valence electrons. The molecule has 0 N–H and O–H groups in total. The molecule has 2 rings (SSSR count). The number of hydrogen-bond donors (Lipinski definition) is 0. The minimum atomic E-state index is 0.352. The van der Waals surface area contributed by atoms with Crippen LogP contribution in [0.5, 0.6) is 0 Å². The van der Waals surface area contributed by atoms with Gasteiger partial charge in [0.25, 0.3) is 0 Å². The molecule has 0 aliphatic heterocycles. The maximum atomic E-state index is 11.9. The van der Waals surface area contributed by atoms with Gasteiger partial charge in [0.1, 0.15) is 5.78 Å². The number of carbonyl (C=O) groups excluding carboxylic acids is 1. The molecule has 2 aromatic rings. The van der Waals surface area contributed by atoms with E-state index in [1.165, 1.54) is 10.4 Å². The van der Waals surface area contributed by atoms with E-state index in [0.29, 0.717) is 18.6 Å². The highest BCUT2D eigenvalue weighted by Gasteiger charge is 2.05. The van der Waals surface area contributed by atoms with Crippen LogP contribution in [0.3, 0.4) is 0 Å². The monoisotopic (exact) mass is 272 g/mol. The van der Waals surface area contributed by atoms with Crippen LogP contribution in [0.2, 0.25) is 0 Å². The zero-order valence-electron chi connectivity index (χ0n) is 11.4. The number of benzene rings is 1. The molecule has 0 unspecified atom stereocenters. The zero-order chi connectivity index (χ0) is 13.5. The molecule has 0 amide bonds. The van der Waals surface area contributed by atoms with Crippen molar-refractivity contribution in [2.24, 2.45) is 0 Å². The molecule has 1 heterocycles. The van der Waals surface area contributed by atoms with Gasteiger partial charge in [-0.05, 0) is 41.8 Å². The highest BCUT2D eigenvalue weighted by Crippen LogP contribution is 2.13. The number of thiophene rings is 1. The minimum absolute atomic E-state index is 0.352. The maximum absolute atomic E-state index is 11.9. The molecule has 0 aliphatic carbocycles. The molecular formula is C17H20OS. The second-order valence-corrected chi connectivity index (χ2v) is 5.85. The molecule has 1 aromatic heterocycles. The van der Waals surface area contributed by atoms with Gasteiger partial charge in [-0.1, -0.05) is 37.3 Å². The molecule has 0 atom stereocenters. The quantitative estimate of drug-likeness (QED) is 0.728. The molecule has 2 heteroatoms. The van der Waals surface area contributed by atoms with Crippen LogP contribution in [-0.2, 0) is 24.1 Å². The van der Waals surface area contributed by atoms with E-state index >= 15 is 0 Å². The third-order valence-electron chi connectivity index (χ3n) is 3.26. The summed E-state index contributed by atoms with van der Waals surface area (Å²) in [6, 6.07) is 12.6. The molecule has 0 radical (unpaired) electrons. The number of rotatable bonds is 7. The predicted molar refractivity (Wildman–Crippen MR) is 81.8 cm³/mol. The van der Waals surface area contributed by atoms with Gasteiger partial charge in [-0.25, -0.2) is 0 Å². The summed E-state index contributed by atoms with van der Waals surface area (Å²) >= 11 is 1.77. The van der Waals surface area contributed by atoms with E-state index in [1.54, 1.807) is 11.3 Å². The first kappa shape index (κ1) is 14.0. The second-order valence-electron chi connectivity index (χ2n) is 4.82. The van der Waals surface area contributed by atoms with E-state index in [1.807, 2.05) is 6.07 Å². The lowest BCUT2D eigenvalue weighted by atomic mass is 10.0. The summed E-state index contributed by atoms with van der Waals surface area (Å²) in [4.78, 5) is 13.3. The molecule has 0 aliphatic rings. The molecule has 0 bridgehead atoms. The zero-order valence-corrected chi connectivity index (χ0v) is 12.2. The Morgan fingerprint density at radius 2 is 2.00 bits per heavy atom. The Hall–Kier alpha value is -1.41. The standard InChI is InChI=1S/C17H20OS/c1-2-14-6-3-7-15(12-14)13-16(18)8-4-9-17-10-5-11-19-17/h3,5-7,10-12H,2,4,8-9,13H2,1H3. The SMILES string of the molecule is CCc1cccc(CC(=O)CCCc2cccs2)c1. The summed E-state index contributed by atoms with van der Waals surface area (Å²) in [5.74, 6) is 0.352. The molecule has 0 fully saturated rings. The fourth-order valence-corrected chi connectivity index (χ4v) is 2.94. The van der Waals surface area contributed by atoms with Gasteiger partial charge in [-0.15, -0.1) is 11.3 Å². The smallest absolute Gasteiger partial charge is 0.137 e. The summed E-state index contributed by atoms with van der Waals surface area (Å²) in [5, 5.41) is 2.09. The van der Waals surface area contributed by atoms with Crippen LogP contribution >= 0.6 is 11.3 Å². The minimum Gasteiger partial charge on any atom is -0.299 e. The van der Waals surface area contributed by atoms with Gasteiger partial charge in [0.15, 0.2) is 0 Å². The number of Topliss-reactive ketones (excluding diaryl/α,β-unsaturated/α-hetero) is 1. The van der Waals surface area contributed by atoms with Crippen molar-refractivity contribution in [2.75, 3.05) is 0 Å². The van der Waals surface area contributed by atoms with E-state index < -0.39 is 0 Å². The first-order valence-electron chi connectivity index (χ1n) is 6.90. The largest absolute Gasteiger partial charge is 0.299 e. The van der Waals surface area contributed by atoms with Crippen LogP contribution in [0, 0.1) is 0 Å². The van der Waals surface area contributed by atoms with Crippen LogP contribution in [0.1, 0.15) is 35.8 Å². The molecule has 1 aromatic carbocycles. The number of carbonyl (C=O) groups is 1. The van der Waals surface area contributed by atoms with Crippen molar-refractivity contribution in [3.8, 4) is 0 Å². The Kier molecular flexibility index (Phi) is 5.34. The first-order chi connectivity index (χ1) is 9.28. The molecule has 0 spiro atoms. The Morgan fingerprint density at radius 1 is 1.16 bits per heavy atom. The summed E-state index contributed by atoms with van der Waals surface area (Å²) < 4.78 is 0. The van der Waals surface area contributed by atoms with Crippen LogP contribution in [0.15, 0.2) is 41.8 Å². The van der Waals surface area contributed by atoms with Gasteiger partial charge in [0, 0.05) is 17.7 Å². The third-order valence-corrected chi connectivity index (χ3v) is 4.20. The maximum Gasteiger partial charge on any atom is 0.137 e. The topological polar surface area (TPSA) is 17.1 Å². The van der Waals surface area contributed by atoms with Gasteiger partial charge in [0.05, 0.1) is 0 Å². The summed E-state index contributed by atoms with van der Waals surface area (Å²) in [6.07, 6.45) is 4.29. The summed E-state index contributed by atoms with van der Waals surface area (Å²) in [7, 11) is 0. The normalized spacial score (nSPS) is 10.6. The highest BCUT2D eigenvalue weighted by atomic mass is 32.1. The van der Waals surface area contributed by atoms with Gasteiger partial charge in [-0.2, -0.15) is 0 Å². The van der Waals surface area contributed by atoms with Crippen LogP contribution in [0.4, 0.5) is 0 Å². The number of aryl methyl sites for hydroxylation is 2.